The van der Waals surface area contributed by atoms with Gasteiger partial charge >= 0.3 is 0 Å². The van der Waals surface area contributed by atoms with Crippen molar-refractivity contribution in [3.8, 4) is 0 Å². The van der Waals surface area contributed by atoms with Gasteiger partial charge in [0.25, 0.3) is 0 Å². The van der Waals surface area contributed by atoms with Crippen molar-refractivity contribution < 1.29 is 13.6 Å². The fourth-order valence-corrected chi connectivity index (χ4v) is 2.72. The first kappa shape index (κ1) is 16.4. The number of carbonyl (C=O) groups is 1. The summed E-state index contributed by atoms with van der Waals surface area (Å²) < 4.78 is 27.5. The fraction of sp³-hybridized carbons (Fsp3) is 0.133. The van der Waals surface area contributed by atoms with Crippen molar-refractivity contribution in [2.75, 3.05) is 0 Å². The Morgan fingerprint density at radius 3 is 2.48 bits per heavy atom. The smallest absolute Gasteiger partial charge is 0.143 e. The Hall–Kier alpha value is -0.970. The molecule has 6 heteroatoms. The van der Waals surface area contributed by atoms with Crippen molar-refractivity contribution in [1.82, 2.24) is 0 Å². The summed E-state index contributed by atoms with van der Waals surface area (Å²) in [4.78, 5) is 12.0. The van der Waals surface area contributed by atoms with E-state index in [0.717, 1.165) is 6.07 Å². The Morgan fingerprint density at radius 1 is 1.10 bits per heavy atom. The van der Waals surface area contributed by atoms with Crippen molar-refractivity contribution >= 4 is 44.9 Å². The van der Waals surface area contributed by atoms with E-state index in [4.69, 9.17) is 23.2 Å². The van der Waals surface area contributed by atoms with E-state index >= 15 is 0 Å². The van der Waals surface area contributed by atoms with Crippen LogP contribution >= 0.6 is 39.1 Å². The summed E-state index contributed by atoms with van der Waals surface area (Å²) in [5, 5.41) is 0.811. The molecule has 0 atom stereocenters. The van der Waals surface area contributed by atoms with Crippen molar-refractivity contribution in [3.63, 3.8) is 0 Å². The van der Waals surface area contributed by atoms with Crippen molar-refractivity contribution in [2.24, 2.45) is 0 Å². The van der Waals surface area contributed by atoms with Crippen LogP contribution < -0.4 is 0 Å². The van der Waals surface area contributed by atoms with E-state index < -0.39 is 11.6 Å². The lowest BCUT2D eigenvalue weighted by atomic mass is 10.0. The summed E-state index contributed by atoms with van der Waals surface area (Å²) in [5.41, 5.74) is 0.321. The van der Waals surface area contributed by atoms with Gasteiger partial charge in [-0.05, 0) is 45.8 Å². The molecule has 0 fully saturated rings. The van der Waals surface area contributed by atoms with E-state index in [0.29, 0.717) is 15.6 Å². The van der Waals surface area contributed by atoms with E-state index in [1.165, 1.54) is 12.1 Å². The standard InChI is InChI=1S/C15H9BrCl2F2O/c16-12-3-4-14(19)11(15(12)20)7-10(21)5-8-1-2-9(17)6-13(8)18/h1-4,6H,5,7H2. The topological polar surface area (TPSA) is 17.1 Å². The van der Waals surface area contributed by atoms with Gasteiger partial charge in [-0.3, -0.25) is 4.79 Å². The highest BCUT2D eigenvalue weighted by atomic mass is 79.9. The maximum absolute atomic E-state index is 13.8. The van der Waals surface area contributed by atoms with E-state index in [1.54, 1.807) is 12.1 Å². The van der Waals surface area contributed by atoms with Gasteiger partial charge in [-0.1, -0.05) is 29.3 Å². The largest absolute Gasteiger partial charge is 0.299 e. The maximum Gasteiger partial charge on any atom is 0.143 e. The monoisotopic (exact) mass is 392 g/mol. The third-order valence-electron chi connectivity index (χ3n) is 2.92. The number of rotatable bonds is 4. The minimum atomic E-state index is -0.759. The molecule has 2 aromatic carbocycles. The average molecular weight is 394 g/mol. The highest BCUT2D eigenvalue weighted by Crippen LogP contribution is 2.24. The van der Waals surface area contributed by atoms with Crippen LogP contribution in [-0.4, -0.2) is 5.78 Å². The quantitative estimate of drug-likeness (QED) is 0.636. The molecule has 0 aromatic heterocycles. The number of benzene rings is 2. The Kier molecular flexibility index (Phi) is 5.36. The van der Waals surface area contributed by atoms with Crippen molar-refractivity contribution in [2.45, 2.75) is 12.8 Å². The molecule has 0 aliphatic rings. The lowest BCUT2D eigenvalue weighted by Gasteiger charge is -2.07. The minimum Gasteiger partial charge on any atom is -0.299 e. The summed E-state index contributed by atoms with van der Waals surface area (Å²) in [6.45, 7) is 0. The van der Waals surface area contributed by atoms with Crippen molar-refractivity contribution in [1.29, 1.82) is 0 Å². The molecule has 2 rings (SSSR count). The van der Waals surface area contributed by atoms with Gasteiger partial charge in [0.05, 0.1) is 4.47 Å². The van der Waals surface area contributed by atoms with Gasteiger partial charge in [0.1, 0.15) is 17.4 Å². The lowest BCUT2D eigenvalue weighted by molar-refractivity contribution is -0.117. The summed E-state index contributed by atoms with van der Waals surface area (Å²) >= 11 is 14.7. The first-order valence-corrected chi connectivity index (χ1v) is 7.51. The van der Waals surface area contributed by atoms with Gasteiger partial charge in [-0.2, -0.15) is 0 Å². The predicted molar refractivity (Wildman–Crippen MR) is 82.9 cm³/mol. The van der Waals surface area contributed by atoms with Crippen LogP contribution in [0.25, 0.3) is 0 Å². The molecule has 0 unspecified atom stereocenters. The molecule has 0 aliphatic heterocycles. The van der Waals surface area contributed by atoms with Gasteiger partial charge in [-0.15, -0.1) is 0 Å². The Bertz CT molecular complexity index is 704. The number of Topliss-reactive ketones (excluding diaryl/α,β-unsaturated/α-hetero) is 1. The average Bonchev–Trinajstić information content (AvgIpc) is 2.42. The highest BCUT2D eigenvalue weighted by molar-refractivity contribution is 9.10. The van der Waals surface area contributed by atoms with Gasteiger partial charge in [0, 0.05) is 28.5 Å². The summed E-state index contributed by atoms with van der Waals surface area (Å²) in [7, 11) is 0. The second-order valence-electron chi connectivity index (χ2n) is 4.45. The lowest BCUT2D eigenvalue weighted by Crippen LogP contribution is -2.10. The summed E-state index contributed by atoms with van der Waals surface area (Å²) in [6, 6.07) is 7.12. The van der Waals surface area contributed by atoms with Gasteiger partial charge < -0.3 is 0 Å². The number of carbonyl (C=O) groups excluding carboxylic acids is 1. The molecule has 0 bridgehead atoms. The highest BCUT2D eigenvalue weighted by Gasteiger charge is 2.17. The van der Waals surface area contributed by atoms with E-state index in [2.05, 4.69) is 15.9 Å². The molecule has 0 saturated carbocycles. The van der Waals surface area contributed by atoms with Gasteiger partial charge in [0.15, 0.2) is 0 Å². The first-order valence-electron chi connectivity index (χ1n) is 5.96. The Morgan fingerprint density at radius 2 is 1.81 bits per heavy atom. The maximum atomic E-state index is 13.8. The van der Waals surface area contributed by atoms with Crippen LogP contribution in [0.5, 0.6) is 0 Å². The van der Waals surface area contributed by atoms with E-state index in [9.17, 15) is 13.6 Å². The zero-order valence-corrected chi connectivity index (χ0v) is 13.7. The third-order valence-corrected chi connectivity index (χ3v) is 4.11. The third kappa shape index (κ3) is 4.02. The SMILES string of the molecule is O=C(Cc1ccc(Cl)cc1Cl)Cc1c(F)ccc(Br)c1F. The van der Waals surface area contributed by atoms with Crippen LogP contribution in [-0.2, 0) is 17.6 Å². The number of ketones is 1. The van der Waals surface area contributed by atoms with Gasteiger partial charge in [-0.25, -0.2) is 8.78 Å². The molecule has 0 saturated heterocycles. The molecule has 0 amide bonds. The Labute approximate surface area is 139 Å². The molecule has 0 N–H and O–H groups in total. The molecule has 110 valence electrons. The predicted octanol–water partition coefficient (Wildman–Crippen LogP) is 5.39. The number of halogens is 5. The molecule has 2 aromatic rings. The molecule has 0 spiro atoms. The van der Waals surface area contributed by atoms with Gasteiger partial charge in [0.2, 0.25) is 0 Å². The van der Waals surface area contributed by atoms with Crippen LogP contribution in [0.4, 0.5) is 8.78 Å². The van der Waals surface area contributed by atoms with Crippen LogP contribution in [0.3, 0.4) is 0 Å². The van der Waals surface area contributed by atoms with Crippen molar-refractivity contribution in [3.05, 3.63) is 67.6 Å². The first-order chi connectivity index (χ1) is 9.88. The second-order valence-corrected chi connectivity index (χ2v) is 6.15. The molecule has 0 heterocycles. The second kappa shape index (κ2) is 6.86. The molecular formula is C15H9BrCl2F2O. The molecule has 0 radical (unpaired) electrons. The zero-order chi connectivity index (χ0) is 15.6. The zero-order valence-electron chi connectivity index (χ0n) is 10.6. The molecule has 0 aliphatic carbocycles. The summed E-state index contributed by atoms with van der Waals surface area (Å²) in [5.74, 6) is -1.84. The molecule has 1 nitrogen and oxygen atoms in total. The van der Waals surface area contributed by atoms with Crippen LogP contribution in [0.2, 0.25) is 10.0 Å². The fourth-order valence-electron chi connectivity index (χ4n) is 1.87. The minimum absolute atomic E-state index is 0.0125. The van der Waals surface area contributed by atoms with E-state index in [-0.39, 0.29) is 28.7 Å². The number of hydrogen-bond acceptors (Lipinski definition) is 1. The van der Waals surface area contributed by atoms with Crippen LogP contribution in [0.1, 0.15) is 11.1 Å². The number of hydrogen-bond donors (Lipinski definition) is 0. The molecular weight excluding hydrogens is 385 g/mol. The Balaban J connectivity index is 2.17. The van der Waals surface area contributed by atoms with Crippen LogP contribution in [0.15, 0.2) is 34.8 Å². The summed E-state index contributed by atoms with van der Waals surface area (Å²) in [6.07, 6.45) is -0.350. The normalized spacial score (nSPS) is 10.7. The van der Waals surface area contributed by atoms with E-state index in [1.807, 2.05) is 0 Å². The molecule has 21 heavy (non-hydrogen) atoms. The van der Waals surface area contributed by atoms with Crippen LogP contribution in [0, 0.1) is 11.6 Å².